The number of nitrogens with zero attached hydrogens (tertiary/aromatic N) is 1. The second-order valence-corrected chi connectivity index (χ2v) is 10.4. The lowest BCUT2D eigenvalue weighted by atomic mass is 9.86. The summed E-state index contributed by atoms with van der Waals surface area (Å²) in [5, 5.41) is 9.28. The summed E-state index contributed by atoms with van der Waals surface area (Å²) in [5.41, 5.74) is -0.0226. The highest BCUT2D eigenvalue weighted by molar-refractivity contribution is 5.72. The quantitative estimate of drug-likeness (QED) is 0.222. The Labute approximate surface area is 239 Å². The molecule has 1 amide bonds. The van der Waals surface area contributed by atoms with E-state index in [1.807, 2.05) is 0 Å². The molecule has 0 radical (unpaired) electrons. The average Bonchev–Trinajstić information content (AvgIpc) is 2.95. The highest BCUT2D eigenvalue weighted by Crippen LogP contribution is 2.30. The number of carboxylic acid groups (broad SMARTS) is 1. The lowest BCUT2D eigenvalue weighted by Gasteiger charge is -2.24. The number of benzene rings is 2. The van der Waals surface area contributed by atoms with Crippen LogP contribution in [0.2, 0.25) is 0 Å². The lowest BCUT2D eigenvalue weighted by molar-refractivity contribution is -0.150. The average molecular weight is 580 g/mol. The smallest absolute Gasteiger partial charge is 0.416 e. The summed E-state index contributed by atoms with van der Waals surface area (Å²) in [4.78, 5) is 25.8. The van der Waals surface area contributed by atoms with Gasteiger partial charge < -0.3 is 24.2 Å². The van der Waals surface area contributed by atoms with Gasteiger partial charge in [0.05, 0.1) is 12.1 Å². The second-order valence-electron chi connectivity index (χ2n) is 10.4. The number of amides is 1. The van der Waals surface area contributed by atoms with Crippen LogP contribution in [-0.2, 0) is 22.1 Å². The Kier molecular flexibility index (Phi) is 12.8. The SMILES string of the molecule is CCOC(Cc1ccc(OCCN(CCCCC2CCCCC2)C(=O)Oc2ccc(C(F)(F)F)cc2)cc1)C(=O)O. The largest absolute Gasteiger partial charge is 0.492 e. The molecule has 1 fully saturated rings. The Balaban J connectivity index is 1.54. The van der Waals surface area contributed by atoms with Gasteiger partial charge in [0.1, 0.15) is 18.1 Å². The number of rotatable bonds is 15. The van der Waals surface area contributed by atoms with Crippen molar-refractivity contribution in [2.24, 2.45) is 5.92 Å². The Hall–Kier alpha value is -3.27. The van der Waals surface area contributed by atoms with Crippen LogP contribution in [0.4, 0.5) is 18.0 Å². The topological polar surface area (TPSA) is 85.3 Å². The standard InChI is InChI=1S/C31H40F3NO6/c1-2-39-28(29(36)37)22-24-11-15-26(16-12-24)40-21-20-35(19-7-6-10-23-8-4-3-5-9-23)30(38)41-27-17-13-25(14-18-27)31(32,33)34/h11-18,23,28H,2-10,19-22H2,1H3,(H,36,37). The van der Waals surface area contributed by atoms with E-state index >= 15 is 0 Å². The fraction of sp³-hybridized carbons (Fsp3) is 0.548. The van der Waals surface area contributed by atoms with Gasteiger partial charge in [-0.25, -0.2) is 9.59 Å². The first-order valence-corrected chi connectivity index (χ1v) is 14.4. The molecule has 0 bridgehead atoms. The number of halogens is 3. The molecule has 0 aliphatic heterocycles. The minimum atomic E-state index is -4.47. The van der Waals surface area contributed by atoms with Gasteiger partial charge in [-0.15, -0.1) is 0 Å². The molecule has 10 heteroatoms. The van der Waals surface area contributed by atoms with Gasteiger partial charge in [0, 0.05) is 19.6 Å². The third-order valence-corrected chi connectivity index (χ3v) is 7.28. The van der Waals surface area contributed by atoms with Gasteiger partial charge >= 0.3 is 18.2 Å². The molecule has 7 nitrogen and oxygen atoms in total. The van der Waals surface area contributed by atoms with E-state index in [0.29, 0.717) is 18.9 Å². The van der Waals surface area contributed by atoms with E-state index in [-0.39, 0.29) is 25.3 Å². The highest BCUT2D eigenvalue weighted by atomic mass is 19.4. The van der Waals surface area contributed by atoms with E-state index in [9.17, 15) is 27.9 Å². The van der Waals surface area contributed by atoms with E-state index in [0.717, 1.165) is 55.0 Å². The zero-order valence-electron chi connectivity index (χ0n) is 23.5. The van der Waals surface area contributed by atoms with Crippen molar-refractivity contribution in [1.82, 2.24) is 4.90 Å². The van der Waals surface area contributed by atoms with Crippen LogP contribution in [0.1, 0.15) is 69.4 Å². The first-order chi connectivity index (χ1) is 19.7. The third kappa shape index (κ3) is 11.3. The van der Waals surface area contributed by atoms with E-state index < -0.39 is 29.9 Å². The summed E-state index contributed by atoms with van der Waals surface area (Å²) in [6.07, 6.45) is 3.47. The van der Waals surface area contributed by atoms with Gasteiger partial charge in [-0.1, -0.05) is 57.1 Å². The molecule has 226 valence electrons. The van der Waals surface area contributed by atoms with Crippen molar-refractivity contribution in [3.05, 3.63) is 59.7 Å². The van der Waals surface area contributed by atoms with E-state index in [4.69, 9.17) is 14.2 Å². The molecule has 1 aliphatic carbocycles. The first kappa shape index (κ1) is 32.2. The number of aliphatic carboxylic acids is 1. The number of unbranched alkanes of at least 4 members (excludes halogenated alkanes) is 1. The van der Waals surface area contributed by atoms with Crippen molar-refractivity contribution in [2.45, 2.75) is 77.0 Å². The molecule has 1 unspecified atom stereocenters. The van der Waals surface area contributed by atoms with Crippen molar-refractivity contribution in [3.8, 4) is 11.5 Å². The Morgan fingerprint density at radius 1 is 0.951 bits per heavy atom. The second kappa shape index (κ2) is 16.2. The van der Waals surface area contributed by atoms with Crippen molar-refractivity contribution in [1.29, 1.82) is 0 Å². The fourth-order valence-electron chi connectivity index (χ4n) is 5.01. The molecule has 1 N–H and O–H groups in total. The number of hydrogen-bond acceptors (Lipinski definition) is 5. The van der Waals surface area contributed by atoms with E-state index in [2.05, 4.69) is 0 Å². The summed E-state index contributed by atoms with van der Waals surface area (Å²) in [5.74, 6) is 0.319. The van der Waals surface area contributed by atoms with Crippen molar-refractivity contribution in [3.63, 3.8) is 0 Å². The monoisotopic (exact) mass is 579 g/mol. The van der Waals surface area contributed by atoms with Crippen molar-refractivity contribution >= 4 is 12.1 Å². The lowest BCUT2D eigenvalue weighted by Crippen LogP contribution is -2.37. The minimum absolute atomic E-state index is 0.0402. The predicted octanol–water partition coefficient (Wildman–Crippen LogP) is 7.37. The Morgan fingerprint density at radius 3 is 2.22 bits per heavy atom. The summed E-state index contributed by atoms with van der Waals surface area (Å²) in [6, 6.07) is 11.1. The minimum Gasteiger partial charge on any atom is -0.492 e. The Morgan fingerprint density at radius 2 is 1.61 bits per heavy atom. The van der Waals surface area contributed by atoms with Crippen molar-refractivity contribution < 1.29 is 42.1 Å². The first-order valence-electron chi connectivity index (χ1n) is 14.4. The number of hydrogen-bond donors (Lipinski definition) is 1. The van der Waals surface area contributed by atoms with Crippen LogP contribution < -0.4 is 9.47 Å². The molecule has 3 rings (SSSR count). The van der Waals surface area contributed by atoms with Crippen LogP contribution in [0.5, 0.6) is 11.5 Å². The maximum atomic E-state index is 13.0. The summed E-state index contributed by atoms with van der Waals surface area (Å²) >= 11 is 0. The highest BCUT2D eigenvalue weighted by Gasteiger charge is 2.30. The zero-order valence-corrected chi connectivity index (χ0v) is 23.5. The van der Waals surface area contributed by atoms with Gasteiger partial charge in [-0.3, -0.25) is 0 Å². The predicted molar refractivity (Wildman–Crippen MR) is 148 cm³/mol. The zero-order chi connectivity index (χ0) is 29.7. The maximum absolute atomic E-state index is 13.0. The molecule has 2 aromatic rings. The van der Waals surface area contributed by atoms with Crippen LogP contribution in [0.25, 0.3) is 0 Å². The molecule has 1 saturated carbocycles. The van der Waals surface area contributed by atoms with Gasteiger partial charge in [-0.2, -0.15) is 13.2 Å². The van der Waals surface area contributed by atoms with Crippen LogP contribution in [0.15, 0.2) is 48.5 Å². The summed E-state index contributed by atoms with van der Waals surface area (Å²) in [6.45, 7) is 2.90. The van der Waals surface area contributed by atoms with Gasteiger partial charge in [0.2, 0.25) is 0 Å². The van der Waals surface area contributed by atoms with Gasteiger partial charge in [0.15, 0.2) is 6.10 Å². The maximum Gasteiger partial charge on any atom is 0.416 e. The molecule has 41 heavy (non-hydrogen) atoms. The van der Waals surface area contributed by atoms with Crippen LogP contribution in [0, 0.1) is 5.92 Å². The third-order valence-electron chi connectivity index (χ3n) is 7.28. The number of carbonyl (C=O) groups excluding carboxylic acids is 1. The van der Waals surface area contributed by atoms with Gasteiger partial charge in [0.25, 0.3) is 0 Å². The summed E-state index contributed by atoms with van der Waals surface area (Å²) in [7, 11) is 0. The molecule has 0 spiro atoms. The Bertz CT molecular complexity index is 1070. The number of alkyl halides is 3. The molecule has 2 aromatic carbocycles. The molecular formula is C31H40F3NO6. The molecule has 0 saturated heterocycles. The molecule has 0 heterocycles. The number of carbonyl (C=O) groups is 2. The molecule has 1 atom stereocenters. The number of carboxylic acids is 1. The summed E-state index contributed by atoms with van der Waals surface area (Å²) < 4.78 is 55.1. The van der Waals surface area contributed by atoms with Crippen molar-refractivity contribution in [2.75, 3.05) is 26.3 Å². The molecular weight excluding hydrogens is 539 g/mol. The van der Waals surface area contributed by atoms with Crippen LogP contribution in [-0.4, -0.2) is 54.5 Å². The van der Waals surface area contributed by atoms with Crippen LogP contribution in [0.3, 0.4) is 0 Å². The number of ether oxygens (including phenoxy) is 3. The fourth-order valence-corrected chi connectivity index (χ4v) is 5.01. The molecule has 0 aromatic heterocycles. The van der Waals surface area contributed by atoms with Gasteiger partial charge in [-0.05, 0) is 61.2 Å². The molecule has 1 aliphatic rings. The van der Waals surface area contributed by atoms with E-state index in [1.165, 1.54) is 37.0 Å². The normalized spacial score (nSPS) is 14.8. The van der Waals surface area contributed by atoms with E-state index in [1.54, 1.807) is 31.2 Å². The van der Waals surface area contributed by atoms with Crippen LogP contribution >= 0.6 is 0 Å².